The first-order valence-electron chi connectivity index (χ1n) is 5.14. The number of nitrogens with one attached hydrogen (secondary N) is 1. The van der Waals surface area contributed by atoms with Crippen LogP contribution in [0.5, 0.6) is 0 Å². The van der Waals surface area contributed by atoms with Gasteiger partial charge >= 0.3 is 0 Å². The Morgan fingerprint density at radius 2 is 2.50 bits per heavy atom. The molecular weight excluding hydrogens is 206 g/mol. The number of hydrazine groups is 1. The van der Waals surface area contributed by atoms with E-state index in [4.69, 9.17) is 10.3 Å². The van der Waals surface area contributed by atoms with Crippen LogP contribution < -0.4 is 11.3 Å². The lowest BCUT2D eigenvalue weighted by molar-refractivity contribution is 0.442. The maximum absolute atomic E-state index is 5.52. The van der Waals surface area contributed by atoms with Gasteiger partial charge in [-0.3, -0.25) is 16.0 Å². The fraction of sp³-hybridized carbons (Fsp3) is 0.400. The van der Waals surface area contributed by atoms with Crippen LogP contribution in [0.15, 0.2) is 29.0 Å². The molecule has 2 aromatic heterocycles. The minimum absolute atomic E-state index is 0.0325. The van der Waals surface area contributed by atoms with Gasteiger partial charge in [-0.1, -0.05) is 5.21 Å². The van der Waals surface area contributed by atoms with Gasteiger partial charge in [0.25, 0.3) is 0 Å². The van der Waals surface area contributed by atoms with Gasteiger partial charge in [0.1, 0.15) is 5.76 Å². The van der Waals surface area contributed by atoms with Crippen molar-refractivity contribution in [3.8, 4) is 0 Å². The average Bonchev–Trinajstić information content (AvgIpc) is 2.92. The minimum Gasteiger partial charge on any atom is -0.469 e. The molecule has 86 valence electrons. The van der Waals surface area contributed by atoms with Crippen molar-refractivity contribution < 1.29 is 4.42 Å². The molecule has 0 bridgehead atoms. The third kappa shape index (κ3) is 2.29. The largest absolute Gasteiger partial charge is 0.469 e. The molecule has 1 atom stereocenters. The molecule has 0 radical (unpaired) electrons. The van der Waals surface area contributed by atoms with Crippen LogP contribution in [0.2, 0.25) is 0 Å². The molecule has 1 unspecified atom stereocenters. The zero-order chi connectivity index (χ0) is 11.4. The minimum atomic E-state index is 0.0325. The molecule has 6 nitrogen and oxygen atoms in total. The fourth-order valence-corrected chi connectivity index (χ4v) is 1.67. The van der Waals surface area contributed by atoms with Crippen molar-refractivity contribution >= 4 is 0 Å². The second-order valence-corrected chi connectivity index (χ2v) is 3.62. The first-order chi connectivity index (χ1) is 7.81. The topological polar surface area (TPSA) is 81.9 Å². The number of hydrogen-bond donors (Lipinski definition) is 2. The Bertz CT molecular complexity index is 422. The molecule has 0 aromatic carbocycles. The van der Waals surface area contributed by atoms with Crippen molar-refractivity contribution in [2.75, 3.05) is 0 Å². The molecule has 16 heavy (non-hydrogen) atoms. The summed E-state index contributed by atoms with van der Waals surface area (Å²) in [5.41, 5.74) is 3.73. The number of hydrogen-bond acceptors (Lipinski definition) is 5. The van der Waals surface area contributed by atoms with Crippen molar-refractivity contribution in [2.45, 2.75) is 18.9 Å². The summed E-state index contributed by atoms with van der Waals surface area (Å²) in [6, 6.07) is 3.87. The van der Waals surface area contributed by atoms with Crippen LogP contribution in [0.3, 0.4) is 0 Å². The Balaban J connectivity index is 1.99. The van der Waals surface area contributed by atoms with Crippen LogP contribution in [-0.4, -0.2) is 15.0 Å². The molecule has 2 aromatic rings. The monoisotopic (exact) mass is 221 g/mol. The average molecular weight is 221 g/mol. The highest BCUT2D eigenvalue weighted by atomic mass is 16.3. The molecule has 0 saturated heterocycles. The standard InChI is InChI=1S/C10H15N5O/c1-15-10(7-12-14-15)9(13-11)5-4-8-3-2-6-16-8/h2-3,6-7,9,13H,4-5,11H2,1H3. The van der Waals surface area contributed by atoms with E-state index >= 15 is 0 Å². The Hall–Kier alpha value is -1.66. The maximum atomic E-state index is 5.52. The quantitative estimate of drug-likeness (QED) is 0.569. The van der Waals surface area contributed by atoms with E-state index in [0.717, 1.165) is 24.3 Å². The number of furan rings is 1. The number of rotatable bonds is 5. The van der Waals surface area contributed by atoms with E-state index < -0.39 is 0 Å². The lowest BCUT2D eigenvalue weighted by atomic mass is 10.1. The van der Waals surface area contributed by atoms with Gasteiger partial charge in [-0.15, -0.1) is 5.10 Å². The summed E-state index contributed by atoms with van der Waals surface area (Å²) in [5, 5.41) is 7.71. The molecule has 0 fully saturated rings. The molecule has 0 aliphatic heterocycles. The summed E-state index contributed by atoms with van der Waals surface area (Å²) in [4.78, 5) is 0. The van der Waals surface area contributed by atoms with Crippen molar-refractivity contribution in [1.82, 2.24) is 20.4 Å². The van der Waals surface area contributed by atoms with Gasteiger partial charge in [0, 0.05) is 13.5 Å². The van der Waals surface area contributed by atoms with Crippen LogP contribution in [0.1, 0.15) is 23.9 Å². The highest BCUT2D eigenvalue weighted by Crippen LogP contribution is 2.16. The van der Waals surface area contributed by atoms with Crippen molar-refractivity contribution in [2.24, 2.45) is 12.9 Å². The van der Waals surface area contributed by atoms with E-state index in [-0.39, 0.29) is 6.04 Å². The highest BCUT2D eigenvalue weighted by Gasteiger charge is 2.14. The van der Waals surface area contributed by atoms with Crippen molar-refractivity contribution in [3.63, 3.8) is 0 Å². The summed E-state index contributed by atoms with van der Waals surface area (Å²) >= 11 is 0. The summed E-state index contributed by atoms with van der Waals surface area (Å²) in [7, 11) is 1.85. The van der Waals surface area contributed by atoms with Crippen LogP contribution >= 0.6 is 0 Å². The molecule has 6 heteroatoms. The Morgan fingerprint density at radius 1 is 1.62 bits per heavy atom. The number of nitrogens with two attached hydrogens (primary N) is 1. The normalized spacial score (nSPS) is 12.9. The fourth-order valence-electron chi connectivity index (χ4n) is 1.67. The zero-order valence-electron chi connectivity index (χ0n) is 9.13. The van der Waals surface area contributed by atoms with E-state index in [0.29, 0.717) is 0 Å². The predicted molar refractivity (Wildman–Crippen MR) is 58.1 cm³/mol. The van der Waals surface area contributed by atoms with Crippen LogP contribution in [0.4, 0.5) is 0 Å². The third-order valence-electron chi connectivity index (χ3n) is 2.57. The van der Waals surface area contributed by atoms with Gasteiger partial charge in [-0.25, -0.2) is 0 Å². The van der Waals surface area contributed by atoms with Gasteiger partial charge < -0.3 is 4.42 Å². The second-order valence-electron chi connectivity index (χ2n) is 3.62. The molecule has 0 spiro atoms. The van der Waals surface area contributed by atoms with Gasteiger partial charge in [0.2, 0.25) is 0 Å². The summed E-state index contributed by atoms with van der Waals surface area (Å²) < 4.78 is 6.98. The molecule has 0 aliphatic rings. The molecule has 2 heterocycles. The Labute approximate surface area is 93.4 Å². The van der Waals surface area contributed by atoms with Crippen LogP contribution in [-0.2, 0) is 13.5 Å². The number of aromatic nitrogens is 3. The highest BCUT2D eigenvalue weighted by molar-refractivity contribution is 5.04. The molecule has 3 N–H and O–H groups in total. The summed E-state index contributed by atoms with van der Waals surface area (Å²) in [6.45, 7) is 0. The molecule has 0 saturated carbocycles. The zero-order valence-corrected chi connectivity index (χ0v) is 9.13. The van der Waals surface area contributed by atoms with E-state index in [2.05, 4.69) is 15.7 Å². The first-order valence-corrected chi connectivity index (χ1v) is 5.14. The van der Waals surface area contributed by atoms with Gasteiger partial charge in [0.05, 0.1) is 24.2 Å². The van der Waals surface area contributed by atoms with Gasteiger partial charge in [-0.05, 0) is 18.6 Å². The van der Waals surface area contributed by atoms with Crippen LogP contribution in [0, 0.1) is 0 Å². The molecule has 0 amide bonds. The molecular formula is C10H15N5O. The van der Waals surface area contributed by atoms with Crippen molar-refractivity contribution in [3.05, 3.63) is 36.0 Å². The smallest absolute Gasteiger partial charge is 0.103 e. The van der Waals surface area contributed by atoms with Crippen molar-refractivity contribution in [1.29, 1.82) is 0 Å². The third-order valence-corrected chi connectivity index (χ3v) is 2.57. The Kier molecular flexibility index (Phi) is 3.33. The maximum Gasteiger partial charge on any atom is 0.103 e. The van der Waals surface area contributed by atoms with E-state index in [9.17, 15) is 0 Å². The van der Waals surface area contributed by atoms with E-state index in [1.54, 1.807) is 17.1 Å². The molecule has 2 rings (SSSR count). The summed E-state index contributed by atoms with van der Waals surface area (Å²) in [6.07, 6.45) is 5.05. The van der Waals surface area contributed by atoms with Gasteiger partial charge in [-0.2, -0.15) is 0 Å². The first kappa shape index (κ1) is 10.8. The van der Waals surface area contributed by atoms with E-state index in [1.165, 1.54) is 0 Å². The Morgan fingerprint density at radius 3 is 3.06 bits per heavy atom. The second kappa shape index (κ2) is 4.91. The summed E-state index contributed by atoms with van der Waals surface area (Å²) in [5.74, 6) is 6.48. The molecule has 0 aliphatic carbocycles. The SMILES string of the molecule is Cn1nncc1C(CCc1ccco1)NN. The number of nitrogens with zero attached hydrogens (tertiary/aromatic N) is 3. The van der Waals surface area contributed by atoms with Crippen LogP contribution in [0.25, 0.3) is 0 Å². The number of aryl methyl sites for hydroxylation is 2. The van der Waals surface area contributed by atoms with E-state index in [1.807, 2.05) is 19.2 Å². The lowest BCUT2D eigenvalue weighted by Crippen LogP contribution is -2.29. The predicted octanol–water partition coefficient (Wildman–Crippen LogP) is 0.545. The van der Waals surface area contributed by atoms with Gasteiger partial charge in [0.15, 0.2) is 0 Å². The lowest BCUT2D eigenvalue weighted by Gasteiger charge is -2.14.